The van der Waals surface area contributed by atoms with E-state index >= 15 is 0 Å². The molecule has 0 aromatic heterocycles. The summed E-state index contributed by atoms with van der Waals surface area (Å²) in [6.07, 6.45) is 5.74. The summed E-state index contributed by atoms with van der Waals surface area (Å²) in [5.74, 6) is -1.51. The first-order valence-corrected chi connectivity index (χ1v) is 24.8. The van der Waals surface area contributed by atoms with Gasteiger partial charge in [0.25, 0.3) is 8.32 Å². The molecule has 3 heterocycles. The lowest BCUT2D eigenvalue weighted by Gasteiger charge is -2.46. The van der Waals surface area contributed by atoms with Gasteiger partial charge < -0.3 is 19.2 Å². The average molecular weight is 871 g/mol. The lowest BCUT2D eigenvalue weighted by molar-refractivity contribution is -0.144. The molecule has 8 nitrogen and oxygen atoms in total. The first-order valence-electron chi connectivity index (χ1n) is 22.5. The lowest BCUT2D eigenvalue weighted by Crippen LogP contribution is -2.66. The number of halogens is 1. The normalized spacial score (nSPS) is 22.9. The maximum atomic E-state index is 14.9. The van der Waals surface area contributed by atoms with Crippen LogP contribution in [0.3, 0.4) is 0 Å². The Morgan fingerprint density at radius 1 is 0.903 bits per heavy atom. The third kappa shape index (κ3) is 8.92. The van der Waals surface area contributed by atoms with E-state index in [1.807, 2.05) is 24.3 Å². The highest BCUT2D eigenvalue weighted by Gasteiger charge is 2.59. The van der Waals surface area contributed by atoms with Gasteiger partial charge in [-0.25, -0.2) is 0 Å². The Morgan fingerprint density at radius 3 is 2.13 bits per heavy atom. The number of likely N-dealkylation sites (tertiary alicyclic amines) is 2. The number of hydrogen-bond donors (Lipinski definition) is 2. The van der Waals surface area contributed by atoms with Gasteiger partial charge in [0.05, 0.1) is 29.6 Å². The predicted molar refractivity (Wildman–Crippen MR) is 251 cm³/mol. The molecule has 4 atom stereocenters. The number of carbonyl (C=O) groups excluding carboxylic acids is 2. The minimum absolute atomic E-state index is 0.0805. The van der Waals surface area contributed by atoms with Gasteiger partial charge in [0.1, 0.15) is 5.75 Å². The molecule has 3 fully saturated rings. The van der Waals surface area contributed by atoms with Gasteiger partial charge in [0.15, 0.2) is 0 Å². The van der Waals surface area contributed by atoms with E-state index in [1.165, 1.54) is 15.9 Å². The fourth-order valence-electron chi connectivity index (χ4n) is 10.9. The van der Waals surface area contributed by atoms with Crippen molar-refractivity contribution in [1.82, 2.24) is 9.80 Å². The van der Waals surface area contributed by atoms with Crippen LogP contribution in [0.25, 0.3) is 6.08 Å². The number of hydrogen-bond acceptors (Lipinski definition) is 7. The highest BCUT2D eigenvalue weighted by atomic mass is 35.5. The molecule has 2 amide bonds. The Balaban J connectivity index is 1.14. The van der Waals surface area contributed by atoms with E-state index in [0.717, 1.165) is 61.2 Å². The van der Waals surface area contributed by atoms with Gasteiger partial charge in [-0.1, -0.05) is 142 Å². The molecular weight excluding hydrogens is 811 g/mol. The van der Waals surface area contributed by atoms with Crippen molar-refractivity contribution in [1.29, 1.82) is 0 Å². The van der Waals surface area contributed by atoms with Crippen LogP contribution in [0.5, 0.6) is 5.75 Å². The summed E-state index contributed by atoms with van der Waals surface area (Å²) in [7, 11) is -4.07. The molecule has 0 radical (unpaired) electrons. The standard InChI is InChI=1S/C51H60BClN2O6Si/c1-5-35(29-37-22-23-40(56)31-45(37)53)21-24-46-47-38(34-60-62(51(2,3)4,41-17-11-7-12-18-41)42-19-13-8-14-20-42)30-43-48(44(47)32-52(59)61-46)50(58)55(49(43)57)39-25-27-54(28-26-39)33-36-15-9-6-10-16-36/h6-20,22-23,29,31,39,43-44,46,48,56,59H,5,21,24-28,30,32-34H2,1-4H3/b35-29+/t43-,44+,46-,48-/m1/s1. The molecular formula is C51H60BClN2O6Si. The second-order valence-electron chi connectivity index (χ2n) is 18.7. The second-order valence-corrected chi connectivity index (χ2v) is 23.4. The maximum absolute atomic E-state index is 14.9. The van der Waals surface area contributed by atoms with E-state index in [2.05, 4.69) is 111 Å². The fraction of sp³-hybridized carbons (Fsp3) is 0.412. The minimum Gasteiger partial charge on any atom is -0.508 e. The molecule has 11 heteroatoms. The van der Waals surface area contributed by atoms with E-state index in [9.17, 15) is 19.7 Å². The zero-order chi connectivity index (χ0) is 43.6. The summed E-state index contributed by atoms with van der Waals surface area (Å²) in [6.45, 7) is 11.7. The predicted octanol–water partition coefficient (Wildman–Crippen LogP) is 8.66. The quantitative estimate of drug-likeness (QED) is 0.0789. The third-order valence-electron chi connectivity index (χ3n) is 13.9. The van der Waals surface area contributed by atoms with E-state index in [1.54, 1.807) is 17.0 Å². The van der Waals surface area contributed by atoms with Crippen LogP contribution >= 0.6 is 11.6 Å². The van der Waals surface area contributed by atoms with Crippen LogP contribution in [0, 0.1) is 17.8 Å². The molecule has 2 N–H and O–H groups in total. The number of nitrogens with zero attached hydrogens (tertiary/aromatic N) is 2. The summed E-state index contributed by atoms with van der Waals surface area (Å²) in [6, 6.07) is 36.4. The number of aromatic hydroxyl groups is 1. The second kappa shape index (κ2) is 18.8. The number of piperidine rings is 1. The number of imide groups is 1. The van der Waals surface area contributed by atoms with Gasteiger partial charge >= 0.3 is 7.12 Å². The fourth-order valence-corrected chi connectivity index (χ4v) is 15.7. The topological polar surface area (TPSA) is 99.5 Å². The molecule has 62 heavy (non-hydrogen) atoms. The zero-order valence-corrected chi connectivity index (χ0v) is 38.3. The summed E-state index contributed by atoms with van der Waals surface area (Å²) >= 11 is 6.54. The van der Waals surface area contributed by atoms with Gasteiger partial charge in [-0.15, -0.1) is 0 Å². The summed E-state index contributed by atoms with van der Waals surface area (Å²) in [5.41, 5.74) is 5.27. The number of allylic oxidation sites excluding steroid dienone is 1. The van der Waals surface area contributed by atoms with Crippen LogP contribution in [-0.2, 0) is 25.2 Å². The van der Waals surface area contributed by atoms with Gasteiger partial charge in [-0.05, 0) is 107 Å². The molecule has 3 saturated heterocycles. The number of rotatable bonds is 13. The molecule has 4 aromatic rings. The SMILES string of the molecule is CC/C(=C\c1ccc(O)cc1Cl)CC[C@H]1OB(O)C[C@H]2C1=C(CO[Si](c1ccccc1)(c1ccccc1)C(C)(C)C)C[C@H]1C(=O)N(C3CCN(Cc4ccccc4)CC3)C(=O)[C@H]12. The molecule has 0 bridgehead atoms. The molecule has 4 aliphatic rings. The van der Waals surface area contributed by atoms with Crippen LogP contribution in [-0.4, -0.2) is 79.0 Å². The molecule has 0 saturated carbocycles. The van der Waals surface area contributed by atoms with Crippen LogP contribution in [0.15, 0.2) is 126 Å². The molecule has 0 spiro atoms. The Morgan fingerprint density at radius 2 is 1.53 bits per heavy atom. The smallest absolute Gasteiger partial charge is 0.455 e. The maximum Gasteiger partial charge on any atom is 0.455 e. The van der Waals surface area contributed by atoms with Crippen LogP contribution in [0.2, 0.25) is 16.4 Å². The van der Waals surface area contributed by atoms with Gasteiger partial charge in [-0.3, -0.25) is 19.4 Å². The van der Waals surface area contributed by atoms with Crippen LogP contribution in [0.4, 0.5) is 0 Å². The van der Waals surface area contributed by atoms with Crippen molar-refractivity contribution >= 4 is 55.3 Å². The Hall–Kier alpha value is -4.29. The number of benzene rings is 4. The summed E-state index contributed by atoms with van der Waals surface area (Å²) in [4.78, 5) is 33.7. The average Bonchev–Trinajstić information content (AvgIpc) is 3.52. The zero-order valence-electron chi connectivity index (χ0n) is 36.5. The van der Waals surface area contributed by atoms with Crippen molar-refractivity contribution in [3.05, 3.63) is 142 Å². The van der Waals surface area contributed by atoms with Crippen molar-refractivity contribution in [2.24, 2.45) is 17.8 Å². The Kier molecular flexibility index (Phi) is 13.5. The van der Waals surface area contributed by atoms with Gasteiger partial charge in [0.2, 0.25) is 11.8 Å². The van der Waals surface area contributed by atoms with Crippen molar-refractivity contribution in [3.8, 4) is 5.75 Å². The molecule has 324 valence electrons. The van der Waals surface area contributed by atoms with Crippen LogP contribution < -0.4 is 10.4 Å². The van der Waals surface area contributed by atoms with Crippen molar-refractivity contribution < 1.29 is 28.8 Å². The Bertz CT molecular complexity index is 2240. The monoisotopic (exact) mass is 870 g/mol. The van der Waals surface area contributed by atoms with Crippen molar-refractivity contribution in [2.45, 2.75) is 96.3 Å². The lowest BCUT2D eigenvalue weighted by atomic mass is 9.58. The van der Waals surface area contributed by atoms with Gasteiger partial charge in [0, 0.05) is 25.7 Å². The molecule has 4 aromatic carbocycles. The first-order chi connectivity index (χ1) is 29.9. The highest BCUT2D eigenvalue weighted by molar-refractivity contribution is 6.99. The number of amides is 2. The van der Waals surface area contributed by atoms with E-state index in [-0.39, 0.29) is 47.5 Å². The van der Waals surface area contributed by atoms with Crippen molar-refractivity contribution in [3.63, 3.8) is 0 Å². The molecule has 0 unspecified atom stereocenters. The summed E-state index contributed by atoms with van der Waals surface area (Å²) in [5, 5.41) is 24.0. The first kappa shape index (κ1) is 44.3. The van der Waals surface area contributed by atoms with Gasteiger partial charge in [-0.2, -0.15) is 0 Å². The van der Waals surface area contributed by atoms with E-state index in [0.29, 0.717) is 24.3 Å². The molecule has 3 aliphatic heterocycles. The molecule has 8 rings (SSSR count). The Labute approximate surface area is 373 Å². The van der Waals surface area contributed by atoms with Crippen molar-refractivity contribution in [2.75, 3.05) is 19.7 Å². The third-order valence-corrected chi connectivity index (χ3v) is 19.2. The number of phenolic OH excluding ortho intramolecular Hbond substituents is 1. The number of fused-ring (bicyclic) bond motifs is 3. The summed E-state index contributed by atoms with van der Waals surface area (Å²) < 4.78 is 14.1. The highest BCUT2D eigenvalue weighted by Crippen LogP contribution is 2.52. The minimum atomic E-state index is -2.99. The number of phenols is 1. The van der Waals surface area contributed by atoms with E-state index in [4.69, 9.17) is 20.7 Å². The molecule has 1 aliphatic carbocycles. The number of carbonyl (C=O) groups is 2. The largest absolute Gasteiger partial charge is 0.508 e. The van der Waals surface area contributed by atoms with Crippen LogP contribution in [0.1, 0.15) is 77.3 Å². The van der Waals surface area contributed by atoms with E-state index < -0.39 is 33.4 Å².